The predicted octanol–water partition coefficient (Wildman–Crippen LogP) is 2.69. The summed E-state index contributed by atoms with van der Waals surface area (Å²) in [4.78, 5) is 0. The van der Waals surface area contributed by atoms with Gasteiger partial charge < -0.3 is 5.32 Å². The molecule has 0 radical (unpaired) electrons. The fourth-order valence-electron chi connectivity index (χ4n) is 2.19. The molecule has 1 aromatic carbocycles. The molecule has 0 saturated heterocycles. The van der Waals surface area contributed by atoms with Crippen LogP contribution in [0, 0.1) is 5.92 Å². The number of aromatic nitrogens is 3. The van der Waals surface area contributed by atoms with Crippen molar-refractivity contribution in [2.24, 2.45) is 13.0 Å². The van der Waals surface area contributed by atoms with Crippen LogP contribution in [0.4, 0.5) is 0 Å². The molecular weight excluding hydrogens is 236 g/mol. The van der Waals surface area contributed by atoms with E-state index in [1.165, 1.54) is 5.56 Å². The summed E-state index contributed by atoms with van der Waals surface area (Å²) in [6.45, 7) is 5.29. The normalized spacial score (nSPS) is 12.8. The molecule has 0 bridgehead atoms. The monoisotopic (exact) mass is 258 g/mol. The molecular formula is C15H22N4. The summed E-state index contributed by atoms with van der Waals surface area (Å²) in [6.07, 6.45) is 2.93. The molecule has 19 heavy (non-hydrogen) atoms. The van der Waals surface area contributed by atoms with Crippen molar-refractivity contribution < 1.29 is 0 Å². The number of rotatable bonds is 6. The molecule has 102 valence electrons. The Morgan fingerprint density at radius 3 is 2.53 bits per heavy atom. The largest absolute Gasteiger partial charge is 0.304 e. The Labute approximate surface area is 114 Å². The highest BCUT2D eigenvalue weighted by Gasteiger charge is 2.13. The lowest BCUT2D eigenvalue weighted by Gasteiger charge is -2.21. The van der Waals surface area contributed by atoms with Crippen molar-refractivity contribution in [3.63, 3.8) is 0 Å². The summed E-state index contributed by atoms with van der Waals surface area (Å²) in [5, 5.41) is 11.5. The zero-order valence-corrected chi connectivity index (χ0v) is 11.9. The van der Waals surface area contributed by atoms with Crippen molar-refractivity contribution in [3.8, 4) is 0 Å². The van der Waals surface area contributed by atoms with E-state index in [9.17, 15) is 0 Å². The molecule has 4 nitrogen and oxygen atoms in total. The maximum absolute atomic E-state index is 3.95. The topological polar surface area (TPSA) is 42.7 Å². The number of aryl methyl sites for hydroxylation is 1. The Morgan fingerprint density at radius 1 is 1.21 bits per heavy atom. The van der Waals surface area contributed by atoms with E-state index < -0.39 is 0 Å². The SMILES string of the molecule is CC(C)CC(NCc1cnnn1C)c1ccccc1. The van der Waals surface area contributed by atoms with E-state index in [-0.39, 0.29) is 0 Å². The summed E-state index contributed by atoms with van der Waals surface area (Å²) in [7, 11) is 1.92. The second-order valence-corrected chi connectivity index (χ2v) is 5.32. The van der Waals surface area contributed by atoms with Gasteiger partial charge in [0.05, 0.1) is 11.9 Å². The smallest absolute Gasteiger partial charge is 0.0738 e. The van der Waals surface area contributed by atoms with E-state index in [1.54, 1.807) is 0 Å². The van der Waals surface area contributed by atoms with Gasteiger partial charge in [0.1, 0.15) is 0 Å². The summed E-state index contributed by atoms with van der Waals surface area (Å²) >= 11 is 0. The van der Waals surface area contributed by atoms with Crippen molar-refractivity contribution in [1.82, 2.24) is 20.3 Å². The van der Waals surface area contributed by atoms with E-state index in [1.807, 2.05) is 17.9 Å². The quantitative estimate of drug-likeness (QED) is 0.866. The van der Waals surface area contributed by atoms with Crippen molar-refractivity contribution >= 4 is 0 Å². The van der Waals surface area contributed by atoms with Gasteiger partial charge in [0, 0.05) is 19.6 Å². The molecule has 4 heteroatoms. The van der Waals surface area contributed by atoms with Crippen LogP contribution in [0.2, 0.25) is 0 Å². The molecule has 2 rings (SSSR count). The van der Waals surface area contributed by atoms with E-state index in [2.05, 4.69) is 59.8 Å². The van der Waals surface area contributed by atoms with E-state index in [0.29, 0.717) is 12.0 Å². The standard InChI is InChI=1S/C15H22N4/c1-12(2)9-15(13-7-5-4-6-8-13)16-10-14-11-17-18-19(14)3/h4-8,11-12,15-16H,9-10H2,1-3H3. The molecule has 1 unspecified atom stereocenters. The first-order valence-corrected chi connectivity index (χ1v) is 6.78. The van der Waals surface area contributed by atoms with Crippen LogP contribution in [0.15, 0.2) is 36.5 Å². The summed E-state index contributed by atoms with van der Waals surface area (Å²) in [5.41, 5.74) is 2.44. The predicted molar refractivity (Wildman–Crippen MR) is 76.5 cm³/mol. The van der Waals surface area contributed by atoms with E-state index >= 15 is 0 Å². The molecule has 1 aromatic heterocycles. The fourth-order valence-corrected chi connectivity index (χ4v) is 2.19. The molecule has 0 amide bonds. The Bertz CT molecular complexity index is 490. The van der Waals surface area contributed by atoms with Gasteiger partial charge in [-0.15, -0.1) is 5.10 Å². The van der Waals surface area contributed by atoms with Gasteiger partial charge in [0.2, 0.25) is 0 Å². The van der Waals surface area contributed by atoms with Crippen LogP contribution < -0.4 is 5.32 Å². The Hall–Kier alpha value is -1.68. The van der Waals surface area contributed by atoms with E-state index in [4.69, 9.17) is 0 Å². The molecule has 0 fully saturated rings. The lowest BCUT2D eigenvalue weighted by atomic mass is 9.97. The van der Waals surface area contributed by atoms with Crippen molar-refractivity contribution in [3.05, 3.63) is 47.8 Å². The van der Waals surface area contributed by atoms with Crippen LogP contribution in [0.25, 0.3) is 0 Å². The first kappa shape index (κ1) is 13.7. The third kappa shape index (κ3) is 3.89. The molecule has 1 N–H and O–H groups in total. The van der Waals surface area contributed by atoms with Crippen molar-refractivity contribution in [2.45, 2.75) is 32.9 Å². The third-order valence-electron chi connectivity index (χ3n) is 3.25. The second kappa shape index (κ2) is 6.48. The van der Waals surface area contributed by atoms with Crippen molar-refractivity contribution in [2.75, 3.05) is 0 Å². The highest BCUT2D eigenvalue weighted by atomic mass is 15.4. The molecule has 0 aliphatic carbocycles. The van der Waals surface area contributed by atoms with Gasteiger partial charge in [0.25, 0.3) is 0 Å². The number of benzene rings is 1. The molecule has 1 atom stereocenters. The van der Waals surface area contributed by atoms with Gasteiger partial charge >= 0.3 is 0 Å². The lowest BCUT2D eigenvalue weighted by Crippen LogP contribution is -2.23. The number of hydrogen-bond donors (Lipinski definition) is 1. The van der Waals surface area contributed by atoms with Gasteiger partial charge in [-0.25, -0.2) is 0 Å². The molecule has 1 heterocycles. The highest BCUT2D eigenvalue weighted by molar-refractivity contribution is 5.19. The molecule has 2 aromatic rings. The van der Waals surface area contributed by atoms with Gasteiger partial charge in [-0.3, -0.25) is 4.68 Å². The molecule has 0 spiro atoms. The number of hydrogen-bond acceptors (Lipinski definition) is 3. The summed E-state index contributed by atoms with van der Waals surface area (Å²) < 4.78 is 1.81. The zero-order valence-electron chi connectivity index (χ0n) is 11.9. The van der Waals surface area contributed by atoms with Gasteiger partial charge in [-0.05, 0) is 17.9 Å². The maximum atomic E-state index is 3.95. The molecule has 0 saturated carbocycles. The minimum absolute atomic E-state index is 0.371. The van der Waals surface area contributed by atoms with E-state index in [0.717, 1.165) is 18.7 Å². The average Bonchev–Trinajstić information content (AvgIpc) is 2.81. The van der Waals surface area contributed by atoms with Gasteiger partial charge in [-0.2, -0.15) is 0 Å². The zero-order chi connectivity index (χ0) is 13.7. The van der Waals surface area contributed by atoms with Crippen LogP contribution in [-0.4, -0.2) is 15.0 Å². The third-order valence-corrected chi connectivity index (χ3v) is 3.25. The van der Waals surface area contributed by atoms with Gasteiger partial charge in [0.15, 0.2) is 0 Å². The summed E-state index contributed by atoms with van der Waals surface area (Å²) in [6, 6.07) is 11.0. The Morgan fingerprint density at radius 2 is 1.95 bits per heavy atom. The van der Waals surface area contributed by atoms with Crippen LogP contribution in [0.3, 0.4) is 0 Å². The number of nitrogens with one attached hydrogen (secondary N) is 1. The van der Waals surface area contributed by atoms with Crippen molar-refractivity contribution in [1.29, 1.82) is 0 Å². The number of nitrogens with zero attached hydrogens (tertiary/aromatic N) is 3. The van der Waals surface area contributed by atoms with Crippen LogP contribution in [0.5, 0.6) is 0 Å². The first-order valence-electron chi connectivity index (χ1n) is 6.78. The minimum Gasteiger partial charge on any atom is -0.304 e. The van der Waals surface area contributed by atoms with Crippen LogP contribution in [0.1, 0.15) is 37.6 Å². The van der Waals surface area contributed by atoms with Gasteiger partial charge in [-0.1, -0.05) is 49.4 Å². The summed E-state index contributed by atoms with van der Waals surface area (Å²) in [5.74, 6) is 0.655. The molecule has 0 aliphatic rings. The van der Waals surface area contributed by atoms with Crippen LogP contribution in [-0.2, 0) is 13.6 Å². The highest BCUT2D eigenvalue weighted by Crippen LogP contribution is 2.21. The second-order valence-electron chi connectivity index (χ2n) is 5.32. The Balaban J connectivity index is 2.04. The van der Waals surface area contributed by atoms with Crippen LogP contribution >= 0.6 is 0 Å². The first-order chi connectivity index (χ1) is 9.16. The minimum atomic E-state index is 0.371. The maximum Gasteiger partial charge on any atom is 0.0738 e. The Kier molecular flexibility index (Phi) is 4.68. The fraction of sp³-hybridized carbons (Fsp3) is 0.467. The lowest BCUT2D eigenvalue weighted by molar-refractivity contribution is 0.422. The average molecular weight is 258 g/mol. The molecule has 0 aliphatic heterocycles.